The fraction of sp³-hybridized carbons (Fsp3) is 0.294. The maximum atomic E-state index is 6.02. The van der Waals surface area contributed by atoms with Gasteiger partial charge in [0.15, 0.2) is 0 Å². The van der Waals surface area contributed by atoms with E-state index in [1.165, 1.54) is 22.4 Å². The molecule has 0 bridgehead atoms. The van der Waals surface area contributed by atoms with Gasteiger partial charge >= 0.3 is 0 Å². The highest BCUT2D eigenvalue weighted by Crippen LogP contribution is 2.27. The first kappa shape index (κ1) is 12.1. The highest BCUT2D eigenvalue weighted by Gasteiger charge is 2.15. The van der Waals surface area contributed by atoms with E-state index in [4.69, 9.17) is 5.73 Å². The molecule has 0 unspecified atom stereocenters. The summed E-state index contributed by atoms with van der Waals surface area (Å²) in [6.07, 6.45) is 2.23. The lowest BCUT2D eigenvalue weighted by molar-refractivity contribution is 0.803. The minimum absolute atomic E-state index is 0.888. The molecule has 2 aromatic rings. The number of hydrogen-bond donors (Lipinski definition) is 1. The molecule has 0 aliphatic carbocycles. The maximum absolute atomic E-state index is 6.02. The van der Waals surface area contributed by atoms with Crippen LogP contribution in [-0.4, -0.2) is 13.1 Å². The molecule has 2 N–H and O–H groups in total. The molecular weight excluding hydrogens is 232 g/mol. The minimum atomic E-state index is 0.888. The summed E-state index contributed by atoms with van der Waals surface area (Å²) in [6.45, 7) is 4.26. The van der Waals surface area contributed by atoms with Crippen molar-refractivity contribution in [2.24, 2.45) is 0 Å². The van der Waals surface area contributed by atoms with Crippen LogP contribution in [0, 0.1) is 6.92 Å². The molecule has 2 aromatic carbocycles. The van der Waals surface area contributed by atoms with E-state index >= 15 is 0 Å². The van der Waals surface area contributed by atoms with Gasteiger partial charge in [0.1, 0.15) is 0 Å². The van der Waals surface area contributed by atoms with Crippen molar-refractivity contribution in [3.05, 3.63) is 59.2 Å². The number of rotatable bonds is 1. The molecule has 0 spiro atoms. The Kier molecular flexibility index (Phi) is 3.16. The van der Waals surface area contributed by atoms with Gasteiger partial charge in [-0.1, -0.05) is 30.3 Å². The van der Waals surface area contributed by atoms with E-state index in [2.05, 4.69) is 48.2 Å². The van der Waals surface area contributed by atoms with Crippen molar-refractivity contribution in [1.82, 2.24) is 0 Å². The van der Waals surface area contributed by atoms with Crippen LogP contribution in [0.1, 0.15) is 16.7 Å². The largest absolute Gasteiger partial charge is 0.398 e. The molecule has 0 radical (unpaired) electrons. The van der Waals surface area contributed by atoms with E-state index in [1.807, 2.05) is 6.07 Å². The molecule has 3 rings (SSSR count). The molecule has 1 aliphatic heterocycles. The number of anilines is 2. The zero-order valence-corrected chi connectivity index (χ0v) is 11.4. The summed E-state index contributed by atoms with van der Waals surface area (Å²) in [6, 6.07) is 15.0. The van der Waals surface area contributed by atoms with Gasteiger partial charge < -0.3 is 10.6 Å². The molecule has 19 heavy (non-hydrogen) atoms. The van der Waals surface area contributed by atoms with E-state index < -0.39 is 0 Å². The Morgan fingerprint density at radius 1 is 0.895 bits per heavy atom. The van der Waals surface area contributed by atoms with Crippen LogP contribution >= 0.6 is 0 Å². The smallest absolute Gasteiger partial charge is 0.0416 e. The molecule has 0 atom stereocenters. The van der Waals surface area contributed by atoms with Gasteiger partial charge in [-0.25, -0.2) is 0 Å². The molecule has 2 nitrogen and oxygen atoms in total. The van der Waals surface area contributed by atoms with Crippen LogP contribution in [0.5, 0.6) is 0 Å². The van der Waals surface area contributed by atoms with Crippen molar-refractivity contribution in [2.45, 2.75) is 19.8 Å². The fourth-order valence-corrected chi connectivity index (χ4v) is 2.89. The van der Waals surface area contributed by atoms with Crippen molar-refractivity contribution >= 4 is 11.4 Å². The molecule has 0 aromatic heterocycles. The molecule has 0 saturated carbocycles. The summed E-state index contributed by atoms with van der Waals surface area (Å²) in [4.78, 5) is 2.46. The zero-order valence-electron chi connectivity index (χ0n) is 11.4. The number of benzene rings is 2. The molecule has 0 amide bonds. The Balaban J connectivity index is 1.88. The number of nitrogen functional groups attached to an aromatic ring is 1. The van der Waals surface area contributed by atoms with Gasteiger partial charge in [0.05, 0.1) is 0 Å². The average molecular weight is 252 g/mol. The predicted octanol–water partition coefficient (Wildman–Crippen LogP) is 3.18. The number of nitrogens with zero attached hydrogens (tertiary/aromatic N) is 1. The summed E-state index contributed by atoms with van der Waals surface area (Å²) in [5.74, 6) is 0. The molecule has 2 heteroatoms. The second-order valence-corrected chi connectivity index (χ2v) is 5.25. The summed E-state index contributed by atoms with van der Waals surface area (Å²) >= 11 is 0. The van der Waals surface area contributed by atoms with Crippen LogP contribution in [0.3, 0.4) is 0 Å². The molecule has 1 heterocycles. The van der Waals surface area contributed by atoms with Gasteiger partial charge in [-0.05, 0) is 48.6 Å². The van der Waals surface area contributed by atoms with Crippen LogP contribution in [-0.2, 0) is 12.8 Å². The fourth-order valence-electron chi connectivity index (χ4n) is 2.89. The van der Waals surface area contributed by atoms with Crippen molar-refractivity contribution in [3.8, 4) is 0 Å². The van der Waals surface area contributed by atoms with Crippen molar-refractivity contribution in [3.63, 3.8) is 0 Å². The highest BCUT2D eigenvalue weighted by molar-refractivity contribution is 5.64. The van der Waals surface area contributed by atoms with E-state index in [0.717, 1.165) is 31.6 Å². The average Bonchev–Trinajstić information content (AvgIpc) is 2.65. The van der Waals surface area contributed by atoms with Gasteiger partial charge in [0.2, 0.25) is 0 Å². The van der Waals surface area contributed by atoms with Gasteiger partial charge in [0.25, 0.3) is 0 Å². The Hall–Kier alpha value is -1.96. The highest BCUT2D eigenvalue weighted by atomic mass is 15.1. The SMILES string of the molecule is Cc1c(N)cccc1N1CCc2ccccc2CC1. The number of nitrogens with two attached hydrogens (primary N) is 1. The Morgan fingerprint density at radius 3 is 2.16 bits per heavy atom. The zero-order chi connectivity index (χ0) is 13.2. The molecular formula is C17H20N2. The van der Waals surface area contributed by atoms with Crippen molar-refractivity contribution in [1.29, 1.82) is 0 Å². The topological polar surface area (TPSA) is 29.3 Å². The van der Waals surface area contributed by atoms with E-state index in [-0.39, 0.29) is 0 Å². The number of fused-ring (bicyclic) bond motifs is 1. The molecule has 1 aliphatic rings. The van der Waals surface area contributed by atoms with Crippen LogP contribution in [0.25, 0.3) is 0 Å². The van der Waals surface area contributed by atoms with E-state index in [1.54, 1.807) is 0 Å². The molecule has 0 fully saturated rings. The third kappa shape index (κ3) is 2.30. The number of hydrogen-bond acceptors (Lipinski definition) is 2. The molecule has 0 saturated heterocycles. The third-order valence-electron chi connectivity index (χ3n) is 4.11. The maximum Gasteiger partial charge on any atom is 0.0416 e. The van der Waals surface area contributed by atoms with E-state index in [0.29, 0.717) is 0 Å². The lowest BCUT2D eigenvalue weighted by Crippen LogP contribution is -2.26. The van der Waals surface area contributed by atoms with Crippen LogP contribution in [0.4, 0.5) is 11.4 Å². The standard InChI is InChI=1S/C17H20N2/c1-13-16(18)7-4-8-17(13)19-11-9-14-5-2-3-6-15(14)10-12-19/h2-8H,9-12,18H2,1H3. The Morgan fingerprint density at radius 2 is 1.53 bits per heavy atom. The Labute approximate surface area is 114 Å². The van der Waals surface area contributed by atoms with Gasteiger partial charge in [-0.3, -0.25) is 0 Å². The first-order chi connectivity index (χ1) is 9.25. The van der Waals surface area contributed by atoms with Gasteiger partial charge in [-0.2, -0.15) is 0 Å². The van der Waals surface area contributed by atoms with E-state index in [9.17, 15) is 0 Å². The van der Waals surface area contributed by atoms with Gasteiger partial charge in [-0.15, -0.1) is 0 Å². The normalized spacial score (nSPS) is 14.9. The lowest BCUT2D eigenvalue weighted by Gasteiger charge is -2.25. The summed E-state index contributed by atoms with van der Waals surface area (Å²) in [5.41, 5.74) is 12.4. The second-order valence-electron chi connectivity index (χ2n) is 5.25. The Bertz CT molecular complexity index is 563. The van der Waals surface area contributed by atoms with Gasteiger partial charge in [0, 0.05) is 24.5 Å². The lowest BCUT2D eigenvalue weighted by atomic mass is 10.0. The van der Waals surface area contributed by atoms with Crippen LogP contribution in [0.2, 0.25) is 0 Å². The van der Waals surface area contributed by atoms with Crippen molar-refractivity contribution in [2.75, 3.05) is 23.7 Å². The van der Waals surface area contributed by atoms with Crippen molar-refractivity contribution < 1.29 is 0 Å². The predicted molar refractivity (Wildman–Crippen MR) is 81.7 cm³/mol. The third-order valence-corrected chi connectivity index (χ3v) is 4.11. The molecule has 98 valence electrons. The quantitative estimate of drug-likeness (QED) is 0.790. The van der Waals surface area contributed by atoms with Crippen LogP contribution in [0.15, 0.2) is 42.5 Å². The summed E-state index contributed by atoms with van der Waals surface area (Å²) < 4.78 is 0. The van der Waals surface area contributed by atoms with Crippen LogP contribution < -0.4 is 10.6 Å². The monoisotopic (exact) mass is 252 g/mol. The summed E-state index contributed by atoms with van der Waals surface area (Å²) in [5, 5.41) is 0. The minimum Gasteiger partial charge on any atom is -0.398 e. The summed E-state index contributed by atoms with van der Waals surface area (Å²) in [7, 11) is 0. The first-order valence-corrected chi connectivity index (χ1v) is 6.92. The second kappa shape index (κ2) is 4.96. The first-order valence-electron chi connectivity index (χ1n) is 6.92.